The van der Waals surface area contributed by atoms with E-state index >= 15 is 0 Å². The van der Waals surface area contributed by atoms with Crippen molar-refractivity contribution in [2.75, 3.05) is 25.0 Å². The number of hydrogen-bond acceptors (Lipinski definition) is 3. The first-order chi connectivity index (χ1) is 6.40. The SMILES string of the molecule is CCn1ccnc1NCC1CNC1. The van der Waals surface area contributed by atoms with Crippen LogP contribution in [0.4, 0.5) is 5.95 Å². The number of aromatic nitrogens is 2. The Morgan fingerprint density at radius 3 is 3.15 bits per heavy atom. The first kappa shape index (κ1) is 8.56. The van der Waals surface area contributed by atoms with Crippen LogP contribution in [0.25, 0.3) is 0 Å². The fraction of sp³-hybridized carbons (Fsp3) is 0.667. The number of nitrogens with zero attached hydrogens (tertiary/aromatic N) is 2. The highest BCUT2D eigenvalue weighted by Crippen LogP contribution is 2.07. The van der Waals surface area contributed by atoms with Crippen LogP contribution in [0.3, 0.4) is 0 Å². The fourth-order valence-corrected chi connectivity index (χ4v) is 1.46. The third kappa shape index (κ3) is 1.83. The second-order valence-corrected chi connectivity index (χ2v) is 3.44. The molecule has 1 fully saturated rings. The number of anilines is 1. The average molecular weight is 180 g/mol. The maximum atomic E-state index is 4.25. The summed E-state index contributed by atoms with van der Waals surface area (Å²) in [6, 6.07) is 0. The van der Waals surface area contributed by atoms with Crippen molar-refractivity contribution >= 4 is 5.95 Å². The van der Waals surface area contributed by atoms with Crippen LogP contribution in [0, 0.1) is 5.92 Å². The van der Waals surface area contributed by atoms with Crippen molar-refractivity contribution in [3.63, 3.8) is 0 Å². The molecule has 1 aliphatic heterocycles. The molecule has 1 aliphatic rings. The molecule has 1 saturated heterocycles. The van der Waals surface area contributed by atoms with E-state index in [9.17, 15) is 0 Å². The van der Waals surface area contributed by atoms with E-state index in [2.05, 4.69) is 27.1 Å². The minimum absolute atomic E-state index is 0.780. The Balaban J connectivity index is 1.85. The van der Waals surface area contributed by atoms with Gasteiger partial charge in [-0.3, -0.25) is 0 Å². The standard InChI is InChI=1S/C9H16N4/c1-2-13-4-3-11-9(13)12-7-8-5-10-6-8/h3-4,8,10H,2,5-7H2,1H3,(H,11,12). The molecule has 0 amide bonds. The number of aryl methyl sites for hydroxylation is 1. The minimum Gasteiger partial charge on any atom is -0.355 e. The Morgan fingerprint density at radius 2 is 2.54 bits per heavy atom. The van der Waals surface area contributed by atoms with E-state index in [0.29, 0.717) is 0 Å². The van der Waals surface area contributed by atoms with Crippen molar-refractivity contribution in [2.24, 2.45) is 5.92 Å². The number of rotatable bonds is 4. The van der Waals surface area contributed by atoms with Gasteiger partial charge in [-0.2, -0.15) is 0 Å². The summed E-state index contributed by atoms with van der Waals surface area (Å²) >= 11 is 0. The summed E-state index contributed by atoms with van der Waals surface area (Å²) < 4.78 is 2.12. The van der Waals surface area contributed by atoms with Crippen LogP contribution in [0.2, 0.25) is 0 Å². The summed E-state index contributed by atoms with van der Waals surface area (Å²) in [6.45, 7) is 6.41. The van der Waals surface area contributed by atoms with Crippen LogP contribution in [0.1, 0.15) is 6.92 Å². The molecule has 13 heavy (non-hydrogen) atoms. The molecule has 72 valence electrons. The lowest BCUT2D eigenvalue weighted by Crippen LogP contribution is -2.45. The Labute approximate surface area is 78.4 Å². The molecule has 0 unspecified atom stereocenters. The molecule has 0 bridgehead atoms. The van der Waals surface area contributed by atoms with Crippen LogP contribution in [0.15, 0.2) is 12.4 Å². The fourth-order valence-electron chi connectivity index (χ4n) is 1.46. The van der Waals surface area contributed by atoms with Gasteiger partial charge in [0.05, 0.1) is 0 Å². The molecule has 0 spiro atoms. The summed E-state index contributed by atoms with van der Waals surface area (Å²) in [7, 11) is 0. The van der Waals surface area contributed by atoms with Crippen LogP contribution in [-0.4, -0.2) is 29.2 Å². The van der Waals surface area contributed by atoms with Crippen molar-refractivity contribution < 1.29 is 0 Å². The molecule has 0 atom stereocenters. The zero-order valence-corrected chi connectivity index (χ0v) is 7.95. The van der Waals surface area contributed by atoms with Gasteiger partial charge in [-0.15, -0.1) is 0 Å². The lowest BCUT2D eigenvalue weighted by Gasteiger charge is -2.27. The summed E-state index contributed by atoms with van der Waals surface area (Å²) in [5.41, 5.74) is 0. The summed E-state index contributed by atoms with van der Waals surface area (Å²) in [5.74, 6) is 1.77. The molecule has 0 saturated carbocycles. The van der Waals surface area contributed by atoms with Crippen LogP contribution >= 0.6 is 0 Å². The topological polar surface area (TPSA) is 41.9 Å². The number of nitrogens with one attached hydrogen (secondary N) is 2. The molecule has 2 N–H and O–H groups in total. The second-order valence-electron chi connectivity index (χ2n) is 3.44. The van der Waals surface area contributed by atoms with E-state index in [4.69, 9.17) is 0 Å². The van der Waals surface area contributed by atoms with Gasteiger partial charge in [-0.25, -0.2) is 4.98 Å². The number of hydrogen-bond donors (Lipinski definition) is 2. The third-order valence-electron chi connectivity index (χ3n) is 2.47. The Bertz CT molecular complexity index is 264. The normalized spacial score (nSPS) is 17.0. The van der Waals surface area contributed by atoms with Gasteiger partial charge in [0, 0.05) is 44.5 Å². The van der Waals surface area contributed by atoms with Crippen molar-refractivity contribution in [3.05, 3.63) is 12.4 Å². The van der Waals surface area contributed by atoms with E-state index in [-0.39, 0.29) is 0 Å². The smallest absolute Gasteiger partial charge is 0.202 e. The van der Waals surface area contributed by atoms with Crippen molar-refractivity contribution in [1.29, 1.82) is 0 Å². The first-order valence-electron chi connectivity index (χ1n) is 4.86. The number of imidazole rings is 1. The Hall–Kier alpha value is -1.03. The molecular formula is C9H16N4. The van der Waals surface area contributed by atoms with Gasteiger partial charge < -0.3 is 15.2 Å². The van der Waals surface area contributed by atoms with Gasteiger partial charge >= 0.3 is 0 Å². The van der Waals surface area contributed by atoms with E-state index in [1.54, 1.807) is 0 Å². The van der Waals surface area contributed by atoms with Gasteiger partial charge in [0.25, 0.3) is 0 Å². The average Bonchev–Trinajstić information content (AvgIpc) is 2.49. The molecule has 4 heteroatoms. The van der Waals surface area contributed by atoms with E-state index < -0.39 is 0 Å². The van der Waals surface area contributed by atoms with Crippen molar-refractivity contribution in [1.82, 2.24) is 14.9 Å². The molecule has 0 radical (unpaired) electrons. The minimum atomic E-state index is 0.780. The van der Waals surface area contributed by atoms with E-state index in [0.717, 1.165) is 38.0 Å². The first-order valence-corrected chi connectivity index (χ1v) is 4.86. The van der Waals surface area contributed by atoms with Gasteiger partial charge in [0.15, 0.2) is 0 Å². The van der Waals surface area contributed by atoms with E-state index in [1.807, 2.05) is 12.4 Å². The van der Waals surface area contributed by atoms with Crippen LogP contribution in [-0.2, 0) is 6.54 Å². The highest BCUT2D eigenvalue weighted by molar-refractivity contribution is 5.25. The molecule has 1 aromatic rings. The lowest BCUT2D eigenvalue weighted by atomic mass is 10.0. The largest absolute Gasteiger partial charge is 0.355 e. The highest BCUT2D eigenvalue weighted by atomic mass is 15.2. The van der Waals surface area contributed by atoms with Gasteiger partial charge in [0.1, 0.15) is 0 Å². The molecule has 2 rings (SSSR count). The van der Waals surface area contributed by atoms with Crippen LogP contribution < -0.4 is 10.6 Å². The summed E-state index contributed by atoms with van der Waals surface area (Å²) in [6.07, 6.45) is 3.84. The molecule has 2 heterocycles. The predicted molar refractivity (Wildman–Crippen MR) is 52.8 cm³/mol. The Kier molecular flexibility index (Phi) is 2.49. The highest BCUT2D eigenvalue weighted by Gasteiger charge is 2.16. The van der Waals surface area contributed by atoms with Gasteiger partial charge in [0.2, 0.25) is 5.95 Å². The van der Waals surface area contributed by atoms with Crippen molar-refractivity contribution in [2.45, 2.75) is 13.5 Å². The molecular weight excluding hydrogens is 164 g/mol. The summed E-state index contributed by atoms with van der Waals surface area (Å²) in [4.78, 5) is 4.25. The monoisotopic (exact) mass is 180 g/mol. The van der Waals surface area contributed by atoms with Crippen LogP contribution in [0.5, 0.6) is 0 Å². The zero-order chi connectivity index (χ0) is 9.10. The maximum absolute atomic E-state index is 4.25. The van der Waals surface area contributed by atoms with Gasteiger partial charge in [-0.1, -0.05) is 0 Å². The maximum Gasteiger partial charge on any atom is 0.202 e. The zero-order valence-electron chi connectivity index (χ0n) is 7.95. The lowest BCUT2D eigenvalue weighted by molar-refractivity contribution is 0.364. The Morgan fingerprint density at radius 1 is 1.69 bits per heavy atom. The predicted octanol–water partition coefficient (Wildman–Crippen LogP) is 0.534. The van der Waals surface area contributed by atoms with Crippen molar-refractivity contribution in [3.8, 4) is 0 Å². The quantitative estimate of drug-likeness (QED) is 0.710. The summed E-state index contributed by atoms with van der Waals surface area (Å²) in [5, 5.41) is 6.61. The molecule has 4 nitrogen and oxygen atoms in total. The van der Waals surface area contributed by atoms with Gasteiger partial charge in [-0.05, 0) is 6.92 Å². The third-order valence-corrected chi connectivity index (χ3v) is 2.47. The molecule has 0 aromatic carbocycles. The molecule has 0 aliphatic carbocycles. The molecule has 1 aromatic heterocycles. The second kappa shape index (κ2) is 3.79. The van der Waals surface area contributed by atoms with E-state index in [1.165, 1.54) is 0 Å².